The maximum atomic E-state index is 8.98. The van der Waals surface area contributed by atoms with E-state index in [1.807, 2.05) is 43.3 Å². The molecule has 0 saturated heterocycles. The number of benzene rings is 1. The Labute approximate surface area is 159 Å². The smallest absolute Gasteiger partial charge is 0.167 e. The molecule has 0 spiro atoms. The lowest BCUT2D eigenvalue weighted by atomic mass is 10.1. The highest BCUT2D eigenvalue weighted by Crippen LogP contribution is 2.39. The first kappa shape index (κ1) is 16.8. The topological polar surface area (TPSA) is 86.9 Å². The predicted octanol–water partition coefficient (Wildman–Crippen LogP) is 4.38. The minimum atomic E-state index is 0.643. The Morgan fingerprint density at radius 2 is 2.04 bits per heavy atom. The lowest BCUT2D eigenvalue weighted by molar-refractivity contribution is 1.18. The normalized spacial score (nSPS) is 11.0. The van der Waals surface area contributed by atoms with Gasteiger partial charge in [0.2, 0.25) is 0 Å². The molecular formula is C20H14N6S. The average molecular weight is 370 g/mol. The predicted molar refractivity (Wildman–Crippen MR) is 108 cm³/mol. The summed E-state index contributed by atoms with van der Waals surface area (Å²) in [7, 11) is 0. The van der Waals surface area contributed by atoms with Crippen LogP contribution in [-0.2, 0) is 0 Å². The number of nitriles is 1. The second-order valence-electron chi connectivity index (χ2n) is 5.80. The summed E-state index contributed by atoms with van der Waals surface area (Å²) >= 11 is 1.61. The third-order valence-electron chi connectivity index (χ3n) is 4.05. The largest absolute Gasteiger partial charge is 0.264 e. The molecule has 4 rings (SSSR count). The van der Waals surface area contributed by atoms with Crippen LogP contribution >= 0.6 is 11.3 Å². The van der Waals surface area contributed by atoms with E-state index < -0.39 is 0 Å². The summed E-state index contributed by atoms with van der Waals surface area (Å²) in [6, 6.07) is 13.5. The molecule has 0 bridgehead atoms. The molecule has 0 aliphatic carbocycles. The van der Waals surface area contributed by atoms with Gasteiger partial charge in [-0.3, -0.25) is 10.4 Å². The Morgan fingerprint density at radius 1 is 1.19 bits per heavy atom. The van der Waals surface area contributed by atoms with Crippen molar-refractivity contribution in [1.29, 1.82) is 5.26 Å². The summed E-state index contributed by atoms with van der Waals surface area (Å²) in [4.78, 5) is 13.9. The molecule has 130 valence electrons. The van der Waals surface area contributed by atoms with Crippen LogP contribution in [0.4, 0.5) is 5.82 Å². The van der Waals surface area contributed by atoms with Crippen LogP contribution in [-0.4, -0.2) is 21.2 Å². The van der Waals surface area contributed by atoms with Gasteiger partial charge in [0.1, 0.15) is 6.33 Å². The molecule has 0 saturated carbocycles. The number of hydrogen-bond acceptors (Lipinski definition) is 7. The molecule has 0 aliphatic heterocycles. The van der Waals surface area contributed by atoms with E-state index in [9.17, 15) is 0 Å². The molecule has 4 aromatic rings. The number of pyridine rings is 1. The maximum Gasteiger partial charge on any atom is 0.167 e. The third-order valence-corrected chi connectivity index (χ3v) is 5.39. The van der Waals surface area contributed by atoms with Gasteiger partial charge in [0, 0.05) is 22.8 Å². The van der Waals surface area contributed by atoms with Gasteiger partial charge in [0.15, 0.2) is 5.82 Å². The van der Waals surface area contributed by atoms with Crippen LogP contribution in [0.15, 0.2) is 60.2 Å². The third kappa shape index (κ3) is 3.38. The lowest BCUT2D eigenvalue weighted by Gasteiger charge is -2.00. The Bertz CT molecular complexity index is 1160. The molecule has 0 radical (unpaired) electrons. The highest BCUT2D eigenvalue weighted by molar-refractivity contribution is 7.23. The lowest BCUT2D eigenvalue weighted by Crippen LogP contribution is -1.94. The van der Waals surface area contributed by atoms with E-state index in [1.165, 1.54) is 6.33 Å². The van der Waals surface area contributed by atoms with E-state index in [0.29, 0.717) is 11.4 Å². The molecule has 0 fully saturated rings. The monoisotopic (exact) mass is 370 g/mol. The van der Waals surface area contributed by atoms with E-state index in [1.54, 1.807) is 29.9 Å². The number of thiophene rings is 1. The Kier molecular flexibility index (Phi) is 4.56. The first-order valence-electron chi connectivity index (χ1n) is 8.20. The SMILES string of the molecule is Cc1c(-c2ccc(C#N)cc2)sc2c(NN=Cc3cccnc3)ncnc12. The maximum absolute atomic E-state index is 8.98. The highest BCUT2D eigenvalue weighted by Gasteiger charge is 2.15. The zero-order chi connectivity index (χ0) is 18.6. The van der Waals surface area contributed by atoms with Gasteiger partial charge >= 0.3 is 0 Å². The van der Waals surface area contributed by atoms with Gasteiger partial charge in [0.05, 0.1) is 28.1 Å². The minimum absolute atomic E-state index is 0.643. The number of hydrogen-bond donors (Lipinski definition) is 1. The quantitative estimate of drug-likeness (QED) is 0.425. The van der Waals surface area contributed by atoms with Gasteiger partial charge < -0.3 is 0 Å². The van der Waals surface area contributed by atoms with Crippen molar-refractivity contribution >= 4 is 33.6 Å². The minimum Gasteiger partial charge on any atom is -0.264 e. The number of fused-ring (bicyclic) bond motifs is 1. The first-order chi connectivity index (χ1) is 13.3. The van der Waals surface area contributed by atoms with Crippen LogP contribution in [0.5, 0.6) is 0 Å². The zero-order valence-corrected chi connectivity index (χ0v) is 15.2. The van der Waals surface area contributed by atoms with Crippen molar-refractivity contribution in [3.05, 3.63) is 71.8 Å². The fourth-order valence-corrected chi connectivity index (χ4v) is 3.90. The van der Waals surface area contributed by atoms with Gasteiger partial charge in [-0.1, -0.05) is 18.2 Å². The van der Waals surface area contributed by atoms with E-state index >= 15 is 0 Å². The number of aryl methyl sites for hydroxylation is 1. The first-order valence-corrected chi connectivity index (χ1v) is 9.01. The van der Waals surface area contributed by atoms with Crippen LogP contribution in [0.2, 0.25) is 0 Å². The summed E-state index contributed by atoms with van der Waals surface area (Å²) in [6.45, 7) is 2.04. The van der Waals surface area contributed by atoms with Gasteiger partial charge in [-0.2, -0.15) is 10.4 Å². The summed E-state index contributed by atoms with van der Waals surface area (Å²) < 4.78 is 0.942. The van der Waals surface area contributed by atoms with E-state index in [-0.39, 0.29) is 0 Å². The summed E-state index contributed by atoms with van der Waals surface area (Å²) in [6.07, 6.45) is 6.69. The number of nitrogens with one attached hydrogen (secondary N) is 1. The van der Waals surface area contributed by atoms with Crippen LogP contribution in [0, 0.1) is 18.3 Å². The van der Waals surface area contributed by atoms with Crippen molar-refractivity contribution in [2.75, 3.05) is 5.43 Å². The Hall–Kier alpha value is -3.63. The van der Waals surface area contributed by atoms with Gasteiger partial charge in [0.25, 0.3) is 0 Å². The Balaban J connectivity index is 1.69. The zero-order valence-electron chi connectivity index (χ0n) is 14.4. The van der Waals surface area contributed by atoms with E-state index in [2.05, 4.69) is 31.5 Å². The molecule has 1 aromatic carbocycles. The van der Waals surface area contributed by atoms with Crippen molar-refractivity contribution < 1.29 is 0 Å². The van der Waals surface area contributed by atoms with Crippen molar-refractivity contribution in [2.24, 2.45) is 5.10 Å². The fraction of sp³-hybridized carbons (Fsp3) is 0.0500. The molecule has 0 unspecified atom stereocenters. The van der Waals surface area contributed by atoms with Crippen LogP contribution in [0.25, 0.3) is 20.7 Å². The van der Waals surface area contributed by atoms with Crippen molar-refractivity contribution in [3.63, 3.8) is 0 Å². The number of nitrogens with zero attached hydrogens (tertiary/aromatic N) is 5. The number of hydrazone groups is 1. The summed E-state index contributed by atoms with van der Waals surface area (Å²) in [5, 5.41) is 13.2. The molecule has 27 heavy (non-hydrogen) atoms. The molecule has 0 atom stereocenters. The second-order valence-corrected chi connectivity index (χ2v) is 6.82. The van der Waals surface area contributed by atoms with Crippen molar-refractivity contribution in [1.82, 2.24) is 15.0 Å². The number of anilines is 1. The van der Waals surface area contributed by atoms with Gasteiger partial charge in [-0.15, -0.1) is 11.3 Å². The van der Waals surface area contributed by atoms with Gasteiger partial charge in [-0.05, 0) is 36.2 Å². The van der Waals surface area contributed by atoms with Crippen LogP contribution in [0.3, 0.4) is 0 Å². The van der Waals surface area contributed by atoms with E-state index in [0.717, 1.165) is 31.8 Å². The van der Waals surface area contributed by atoms with Crippen molar-refractivity contribution in [2.45, 2.75) is 6.92 Å². The number of aromatic nitrogens is 3. The summed E-state index contributed by atoms with van der Waals surface area (Å²) in [5.41, 5.74) is 7.58. The second kappa shape index (κ2) is 7.32. The average Bonchev–Trinajstić information content (AvgIpc) is 3.06. The standard InChI is InChI=1S/C20H14N6S/c1-13-17-19(27-18(13)16-6-4-14(9-21)5-7-16)20(24-12-23-17)26-25-11-15-3-2-8-22-10-15/h2-8,10-12H,1H3,(H,23,24,26). The molecule has 6 nitrogen and oxygen atoms in total. The molecule has 0 aliphatic rings. The van der Waals surface area contributed by atoms with Crippen molar-refractivity contribution in [3.8, 4) is 16.5 Å². The van der Waals surface area contributed by atoms with Crippen LogP contribution in [0.1, 0.15) is 16.7 Å². The molecule has 3 aromatic heterocycles. The number of rotatable bonds is 4. The highest BCUT2D eigenvalue weighted by atomic mass is 32.1. The molecular weight excluding hydrogens is 356 g/mol. The summed E-state index contributed by atoms with van der Waals surface area (Å²) in [5.74, 6) is 0.660. The van der Waals surface area contributed by atoms with E-state index in [4.69, 9.17) is 5.26 Å². The Morgan fingerprint density at radius 3 is 2.78 bits per heavy atom. The fourth-order valence-electron chi connectivity index (χ4n) is 2.70. The molecule has 3 heterocycles. The molecule has 7 heteroatoms. The molecule has 0 amide bonds. The van der Waals surface area contributed by atoms with Gasteiger partial charge in [-0.25, -0.2) is 9.97 Å². The van der Waals surface area contributed by atoms with Crippen LogP contribution < -0.4 is 5.43 Å². The molecule has 1 N–H and O–H groups in total.